The van der Waals surface area contributed by atoms with Crippen molar-refractivity contribution in [2.45, 2.75) is 25.8 Å². The van der Waals surface area contributed by atoms with Crippen molar-refractivity contribution in [2.75, 3.05) is 25.0 Å². The highest BCUT2D eigenvalue weighted by Crippen LogP contribution is 2.32. The molecule has 0 radical (unpaired) electrons. The van der Waals surface area contributed by atoms with Gasteiger partial charge in [0.2, 0.25) is 5.91 Å². The highest BCUT2D eigenvalue weighted by atomic mass is 16.5. The number of nitrogens with one attached hydrogen (secondary N) is 1. The van der Waals surface area contributed by atoms with E-state index in [0.29, 0.717) is 29.9 Å². The number of carbonyl (C=O) groups excluding carboxylic acids is 1. The molecule has 1 N–H and O–H groups in total. The maximum Gasteiger partial charge on any atom is 0.419 e. The van der Waals surface area contributed by atoms with Gasteiger partial charge in [-0.05, 0) is 56.1 Å². The molecule has 2 aromatic carbocycles. The summed E-state index contributed by atoms with van der Waals surface area (Å²) in [6.45, 7) is 3.81. The molecule has 1 unspecified atom stereocenters. The van der Waals surface area contributed by atoms with Crippen LogP contribution in [0.2, 0.25) is 0 Å². The van der Waals surface area contributed by atoms with E-state index in [1.807, 2.05) is 19.1 Å². The fraction of sp³-hybridized carbons (Fsp3) is 0.364. The molecule has 7 heteroatoms. The fourth-order valence-electron chi connectivity index (χ4n) is 3.94. The molecular formula is C22H25N3O4. The predicted octanol–water partition coefficient (Wildman–Crippen LogP) is 3.31. The maximum atomic E-state index is 12.6. The third-order valence-electron chi connectivity index (χ3n) is 5.36. The normalized spacial score (nSPS) is 17.0. The molecule has 1 aliphatic rings. The van der Waals surface area contributed by atoms with Crippen LogP contribution in [0.25, 0.3) is 11.1 Å². The van der Waals surface area contributed by atoms with Crippen LogP contribution in [0.1, 0.15) is 31.4 Å². The van der Waals surface area contributed by atoms with E-state index < -0.39 is 5.76 Å². The Kier molecular flexibility index (Phi) is 5.40. The minimum Gasteiger partial charge on any atom is -0.494 e. The van der Waals surface area contributed by atoms with E-state index in [1.165, 1.54) is 10.1 Å². The zero-order valence-corrected chi connectivity index (χ0v) is 16.7. The van der Waals surface area contributed by atoms with E-state index in [0.717, 1.165) is 25.1 Å². The summed E-state index contributed by atoms with van der Waals surface area (Å²) in [6, 6.07) is 13.6. The number of aryl methyl sites for hydroxylation is 1. The number of likely N-dealkylation sites (tertiary alicyclic amines) is 1. The molecule has 0 spiro atoms. The second-order valence-electron chi connectivity index (χ2n) is 7.29. The van der Waals surface area contributed by atoms with Gasteiger partial charge in [0.05, 0.1) is 18.7 Å². The molecule has 152 valence electrons. The third-order valence-corrected chi connectivity index (χ3v) is 5.36. The van der Waals surface area contributed by atoms with Crippen LogP contribution in [0.4, 0.5) is 5.69 Å². The number of aromatic nitrogens is 1. The second kappa shape index (κ2) is 8.13. The van der Waals surface area contributed by atoms with Crippen LogP contribution in [0.3, 0.4) is 0 Å². The van der Waals surface area contributed by atoms with Gasteiger partial charge in [-0.25, -0.2) is 4.79 Å². The zero-order chi connectivity index (χ0) is 20.4. The summed E-state index contributed by atoms with van der Waals surface area (Å²) in [4.78, 5) is 26.4. The first-order valence-electron chi connectivity index (χ1n) is 9.91. The summed E-state index contributed by atoms with van der Waals surface area (Å²) in [5, 5.41) is 2.92. The number of amides is 1. The van der Waals surface area contributed by atoms with Crippen molar-refractivity contribution >= 4 is 22.7 Å². The van der Waals surface area contributed by atoms with Gasteiger partial charge in [-0.2, -0.15) is 0 Å². The van der Waals surface area contributed by atoms with Crippen LogP contribution in [0.5, 0.6) is 5.75 Å². The first-order valence-corrected chi connectivity index (χ1v) is 9.91. The van der Waals surface area contributed by atoms with Gasteiger partial charge in [-0.15, -0.1) is 0 Å². The quantitative estimate of drug-likeness (QED) is 0.693. The van der Waals surface area contributed by atoms with Gasteiger partial charge in [0.15, 0.2) is 5.58 Å². The lowest BCUT2D eigenvalue weighted by Crippen LogP contribution is -2.32. The van der Waals surface area contributed by atoms with Crippen molar-refractivity contribution in [3.8, 4) is 5.75 Å². The lowest BCUT2D eigenvalue weighted by Gasteiger charge is -2.24. The Labute approximate surface area is 168 Å². The SMILES string of the molecule is CCOc1ccc(C2CCCN2CC(=O)Nc2ccc3c(c2)oc(=O)n3C)cc1. The van der Waals surface area contributed by atoms with Crippen molar-refractivity contribution in [1.82, 2.24) is 9.47 Å². The average Bonchev–Trinajstić information content (AvgIpc) is 3.27. The Balaban J connectivity index is 1.42. The maximum absolute atomic E-state index is 12.6. The second-order valence-corrected chi connectivity index (χ2v) is 7.29. The van der Waals surface area contributed by atoms with Gasteiger partial charge in [-0.1, -0.05) is 12.1 Å². The Morgan fingerprint density at radius 1 is 1.24 bits per heavy atom. The summed E-state index contributed by atoms with van der Waals surface area (Å²) in [7, 11) is 1.65. The summed E-state index contributed by atoms with van der Waals surface area (Å²) >= 11 is 0. The first-order chi connectivity index (χ1) is 14.0. The fourth-order valence-corrected chi connectivity index (χ4v) is 3.94. The van der Waals surface area contributed by atoms with Gasteiger partial charge in [-0.3, -0.25) is 14.3 Å². The molecule has 1 amide bonds. The van der Waals surface area contributed by atoms with Crippen molar-refractivity contribution in [1.29, 1.82) is 0 Å². The molecule has 29 heavy (non-hydrogen) atoms. The number of ether oxygens (including phenoxy) is 1. The number of carbonyl (C=O) groups is 1. The molecule has 1 saturated heterocycles. The lowest BCUT2D eigenvalue weighted by molar-refractivity contribution is -0.117. The van der Waals surface area contributed by atoms with Crippen molar-refractivity contribution in [2.24, 2.45) is 7.05 Å². The average molecular weight is 395 g/mol. The Hall–Kier alpha value is -3.06. The monoisotopic (exact) mass is 395 g/mol. The highest BCUT2D eigenvalue weighted by molar-refractivity contribution is 5.94. The van der Waals surface area contributed by atoms with Crippen molar-refractivity contribution in [3.05, 3.63) is 58.6 Å². The zero-order valence-electron chi connectivity index (χ0n) is 16.7. The number of fused-ring (bicyclic) bond motifs is 1. The molecule has 0 bridgehead atoms. The summed E-state index contributed by atoms with van der Waals surface area (Å²) in [5.74, 6) is 0.362. The smallest absolute Gasteiger partial charge is 0.419 e. The van der Waals surface area contributed by atoms with Crippen LogP contribution in [0, 0.1) is 0 Å². The minimum atomic E-state index is -0.418. The molecule has 0 saturated carbocycles. The standard InChI is InChI=1S/C22H25N3O4/c1-3-28-17-9-6-15(7-10-17)18-5-4-12-25(18)14-21(26)23-16-8-11-19-20(13-16)29-22(27)24(19)2/h6-11,13,18H,3-5,12,14H2,1-2H3,(H,23,26). The van der Waals surface area contributed by atoms with Gasteiger partial charge in [0.1, 0.15) is 5.75 Å². The lowest BCUT2D eigenvalue weighted by atomic mass is 10.0. The molecule has 2 heterocycles. The Morgan fingerprint density at radius 3 is 2.79 bits per heavy atom. The van der Waals surface area contributed by atoms with Gasteiger partial charge in [0, 0.05) is 24.8 Å². The number of rotatable bonds is 6. The van der Waals surface area contributed by atoms with Crippen LogP contribution < -0.4 is 15.8 Å². The van der Waals surface area contributed by atoms with E-state index in [2.05, 4.69) is 22.3 Å². The first kappa shape index (κ1) is 19.3. The van der Waals surface area contributed by atoms with Crippen LogP contribution >= 0.6 is 0 Å². The largest absolute Gasteiger partial charge is 0.494 e. The van der Waals surface area contributed by atoms with E-state index in [-0.39, 0.29) is 11.9 Å². The molecular weight excluding hydrogens is 370 g/mol. The third kappa shape index (κ3) is 4.05. The number of hydrogen-bond acceptors (Lipinski definition) is 5. The molecule has 3 aromatic rings. The van der Waals surface area contributed by atoms with Gasteiger partial charge in [0.25, 0.3) is 0 Å². The number of oxazole rings is 1. The number of nitrogens with zero attached hydrogens (tertiary/aromatic N) is 2. The van der Waals surface area contributed by atoms with Crippen LogP contribution in [-0.2, 0) is 11.8 Å². The van der Waals surface area contributed by atoms with E-state index in [9.17, 15) is 9.59 Å². The Bertz CT molecular complexity index is 1070. The predicted molar refractivity (Wildman–Crippen MR) is 111 cm³/mol. The Morgan fingerprint density at radius 2 is 2.03 bits per heavy atom. The van der Waals surface area contributed by atoms with Crippen LogP contribution in [0.15, 0.2) is 51.7 Å². The number of anilines is 1. The van der Waals surface area contributed by atoms with Gasteiger partial charge >= 0.3 is 5.76 Å². The molecule has 0 aliphatic carbocycles. The minimum absolute atomic E-state index is 0.0829. The molecule has 4 rings (SSSR count). The topological polar surface area (TPSA) is 76.7 Å². The molecule has 7 nitrogen and oxygen atoms in total. The molecule has 1 atom stereocenters. The van der Waals surface area contributed by atoms with Gasteiger partial charge < -0.3 is 14.5 Å². The number of benzene rings is 2. The highest BCUT2D eigenvalue weighted by Gasteiger charge is 2.27. The summed E-state index contributed by atoms with van der Waals surface area (Å²) in [5.41, 5.74) is 2.98. The summed E-state index contributed by atoms with van der Waals surface area (Å²) in [6.07, 6.45) is 2.09. The summed E-state index contributed by atoms with van der Waals surface area (Å²) < 4.78 is 12.1. The van der Waals surface area contributed by atoms with Crippen molar-refractivity contribution in [3.63, 3.8) is 0 Å². The molecule has 1 aromatic heterocycles. The van der Waals surface area contributed by atoms with E-state index >= 15 is 0 Å². The molecule has 1 aliphatic heterocycles. The number of hydrogen-bond donors (Lipinski definition) is 1. The molecule has 1 fully saturated rings. The van der Waals surface area contributed by atoms with Crippen LogP contribution in [-0.4, -0.2) is 35.1 Å². The van der Waals surface area contributed by atoms with E-state index in [1.54, 1.807) is 25.2 Å². The van der Waals surface area contributed by atoms with E-state index in [4.69, 9.17) is 9.15 Å². The van der Waals surface area contributed by atoms with Crippen molar-refractivity contribution < 1.29 is 13.9 Å².